The molecule has 10 heteroatoms. The summed E-state index contributed by atoms with van der Waals surface area (Å²) in [6.45, 7) is 1.61. The zero-order chi connectivity index (χ0) is 23.9. The molecule has 4 rings (SSSR count). The van der Waals surface area contributed by atoms with E-state index in [-0.39, 0.29) is 23.7 Å². The Morgan fingerprint density at radius 1 is 1.09 bits per heavy atom. The fraction of sp³-hybridized carbons (Fsp3) is 0.870. The molecule has 7 nitrogen and oxygen atoms in total. The number of carbonyl (C=O) groups is 3. The number of likely N-dealkylation sites (tertiary alicyclic amines) is 1. The molecule has 4 fully saturated rings. The quantitative estimate of drug-likeness (QED) is 0.319. The molecule has 0 radical (unpaired) electrons. The van der Waals surface area contributed by atoms with Crippen LogP contribution in [0.2, 0.25) is 0 Å². The van der Waals surface area contributed by atoms with Crippen LogP contribution < -0.4 is 10.2 Å². The summed E-state index contributed by atoms with van der Waals surface area (Å²) in [5, 5.41) is 13.4. The Morgan fingerprint density at radius 2 is 1.76 bits per heavy atom. The van der Waals surface area contributed by atoms with E-state index in [0.717, 1.165) is 51.4 Å². The lowest BCUT2D eigenvalue weighted by molar-refractivity contribution is -0.143. The summed E-state index contributed by atoms with van der Waals surface area (Å²) in [6, 6.07) is -2.12. The van der Waals surface area contributed by atoms with Crippen LogP contribution in [0, 0.1) is 23.7 Å². The lowest BCUT2D eigenvalue weighted by atomic mass is 9.79. The van der Waals surface area contributed by atoms with Gasteiger partial charge in [0.2, 0.25) is 11.8 Å². The first-order valence-corrected chi connectivity index (χ1v) is 13.3. The van der Waals surface area contributed by atoms with Crippen molar-refractivity contribution in [3.63, 3.8) is 0 Å². The molecule has 0 bridgehead atoms. The van der Waals surface area contributed by atoms with E-state index in [1.807, 2.05) is 0 Å². The first kappa shape index (κ1) is 25.5. The Hall–Kier alpha value is -0.600. The monoisotopic (exact) mass is 521 g/mol. The van der Waals surface area contributed by atoms with Crippen molar-refractivity contribution >= 4 is 52.6 Å². The van der Waals surface area contributed by atoms with Crippen molar-refractivity contribution in [3.8, 4) is 0 Å². The number of Topliss-reactive ketones (excluding diaryl/α,β-unsaturated/α-hetero) is 1. The van der Waals surface area contributed by atoms with Gasteiger partial charge in [-0.3, -0.25) is 14.4 Å². The summed E-state index contributed by atoms with van der Waals surface area (Å²) in [5.74, 6) is -1.10. The van der Waals surface area contributed by atoms with Crippen LogP contribution in [0.4, 0.5) is 0 Å². The third kappa shape index (κ3) is 5.04. The number of carbonyl (C=O) groups excluding carboxylic acids is 3. The van der Waals surface area contributed by atoms with Crippen molar-refractivity contribution in [2.75, 3.05) is 6.54 Å². The molecule has 3 aliphatic carbocycles. The van der Waals surface area contributed by atoms with Crippen LogP contribution in [-0.4, -0.2) is 62.7 Å². The molecular weight excluding hydrogens is 489 g/mol. The highest BCUT2D eigenvalue weighted by molar-refractivity contribution is 6.51. The first-order chi connectivity index (χ1) is 15.7. The molecule has 3 N–H and O–H groups in total. The normalized spacial score (nSPS) is 31.8. The van der Waals surface area contributed by atoms with Gasteiger partial charge in [0.05, 0.1) is 6.04 Å². The molecule has 0 aromatic rings. The summed E-state index contributed by atoms with van der Waals surface area (Å²) in [6.07, 6.45) is 7.49. The summed E-state index contributed by atoms with van der Waals surface area (Å²) in [4.78, 5) is 43.2. The molecule has 4 aliphatic rings. The van der Waals surface area contributed by atoms with Crippen LogP contribution in [0.25, 0.3) is 0 Å². The second-order valence-electron chi connectivity index (χ2n) is 10.4. The fourth-order valence-electron chi connectivity index (χ4n) is 6.02. The molecule has 1 heterocycles. The molecule has 0 aromatic carbocycles. The van der Waals surface area contributed by atoms with Gasteiger partial charge in [0.25, 0.3) is 0 Å². The minimum Gasteiger partial charge on any atom is -0.383 e. The number of piperidine rings is 1. The maximum atomic E-state index is 13.5. The van der Waals surface area contributed by atoms with Crippen LogP contribution in [0.15, 0.2) is 0 Å². The molecular formula is C23H34Cl3N3O4. The Kier molecular flexibility index (Phi) is 7.86. The number of aliphatic hydroxyl groups excluding tert-OH is 1. The van der Waals surface area contributed by atoms with Gasteiger partial charge in [-0.25, -0.2) is 4.84 Å². The highest BCUT2D eigenvalue weighted by Gasteiger charge is 2.74. The van der Waals surface area contributed by atoms with E-state index in [0.29, 0.717) is 18.9 Å². The molecule has 2 unspecified atom stereocenters. The van der Waals surface area contributed by atoms with Gasteiger partial charge in [0, 0.05) is 18.4 Å². The number of hydrogen-bond acceptors (Lipinski definition) is 5. The number of alkyl halides is 2. The Labute approximate surface area is 210 Å². The number of rotatable bonds is 9. The number of amides is 2. The molecule has 6 atom stereocenters. The van der Waals surface area contributed by atoms with Crippen molar-refractivity contribution in [2.45, 2.75) is 93.3 Å². The molecule has 0 spiro atoms. The highest BCUT2D eigenvalue weighted by Crippen LogP contribution is 2.65. The smallest absolute Gasteiger partial charge is 0.243 e. The minimum atomic E-state index is -1.29. The molecule has 1 saturated heterocycles. The van der Waals surface area contributed by atoms with Gasteiger partial charge < -0.3 is 15.3 Å². The average Bonchev–Trinajstić information content (AvgIpc) is 3.10. The molecule has 186 valence electrons. The van der Waals surface area contributed by atoms with E-state index in [1.165, 1.54) is 6.92 Å². The predicted octanol–water partition coefficient (Wildman–Crippen LogP) is 2.93. The Balaban J connectivity index is 1.51. The van der Waals surface area contributed by atoms with Gasteiger partial charge in [-0.2, -0.15) is 0 Å². The number of nitrogens with zero attached hydrogens (tertiary/aromatic N) is 1. The van der Waals surface area contributed by atoms with E-state index in [2.05, 4.69) is 10.2 Å². The van der Waals surface area contributed by atoms with Gasteiger partial charge in [-0.1, -0.05) is 38.5 Å². The third-order valence-corrected chi connectivity index (χ3v) is 9.63. The van der Waals surface area contributed by atoms with Gasteiger partial charge >= 0.3 is 0 Å². The van der Waals surface area contributed by atoms with Crippen LogP contribution in [0.1, 0.15) is 64.7 Å². The zero-order valence-electron chi connectivity index (χ0n) is 18.9. The first-order valence-electron chi connectivity index (χ1n) is 12.2. The SMILES string of the molecule is CC(=O)C(O)C(CC1CCC1)NC(=O)[C@@H]1[C@@H]2[C@H](CN1C(=O)[C@@H](NCl)C1CCCCC1)C2(Cl)Cl. The van der Waals surface area contributed by atoms with Crippen LogP contribution >= 0.6 is 35.0 Å². The summed E-state index contributed by atoms with van der Waals surface area (Å²) in [7, 11) is 0. The zero-order valence-corrected chi connectivity index (χ0v) is 21.2. The molecule has 33 heavy (non-hydrogen) atoms. The van der Waals surface area contributed by atoms with Crippen molar-refractivity contribution < 1.29 is 19.5 Å². The summed E-state index contributed by atoms with van der Waals surface area (Å²) in [5.41, 5.74) is 0. The number of aliphatic hydroxyl groups is 1. The number of hydrogen-bond donors (Lipinski definition) is 3. The average molecular weight is 523 g/mol. The maximum Gasteiger partial charge on any atom is 0.243 e. The number of halogens is 3. The van der Waals surface area contributed by atoms with Gasteiger partial charge in [-0.15, -0.1) is 23.2 Å². The standard InChI is InChI=1S/C23H34Cl3N3O4/c1-12(30)20(31)16(10-13-6-5-7-13)27-21(32)19-17-15(23(17,24)25)11-29(19)22(33)18(28-26)14-8-3-2-4-9-14/h13-20,28,31H,2-11H2,1H3,(H,27,32)/t15-,16?,17-,18-,19-,20?/m0/s1. The van der Waals surface area contributed by atoms with Crippen molar-refractivity contribution in [1.29, 1.82) is 0 Å². The van der Waals surface area contributed by atoms with E-state index in [9.17, 15) is 19.5 Å². The van der Waals surface area contributed by atoms with Crippen molar-refractivity contribution in [2.24, 2.45) is 23.7 Å². The van der Waals surface area contributed by atoms with Gasteiger partial charge in [0.1, 0.15) is 22.5 Å². The van der Waals surface area contributed by atoms with Gasteiger partial charge in [0.15, 0.2) is 5.78 Å². The Bertz CT molecular complexity index is 772. The van der Waals surface area contributed by atoms with Crippen LogP contribution in [0.5, 0.6) is 0 Å². The number of fused-ring (bicyclic) bond motifs is 1. The molecule has 2 amide bonds. The van der Waals surface area contributed by atoms with Crippen LogP contribution in [-0.2, 0) is 14.4 Å². The fourth-order valence-corrected chi connectivity index (χ4v) is 7.12. The predicted molar refractivity (Wildman–Crippen MR) is 127 cm³/mol. The second-order valence-corrected chi connectivity index (χ2v) is 12.1. The highest BCUT2D eigenvalue weighted by atomic mass is 35.5. The lowest BCUT2D eigenvalue weighted by Gasteiger charge is -2.37. The summed E-state index contributed by atoms with van der Waals surface area (Å²) < 4.78 is -1.06. The molecule has 1 aliphatic heterocycles. The largest absolute Gasteiger partial charge is 0.383 e. The van der Waals surface area contributed by atoms with E-state index >= 15 is 0 Å². The lowest BCUT2D eigenvalue weighted by Crippen LogP contribution is -2.58. The minimum absolute atomic E-state index is 0.118. The van der Waals surface area contributed by atoms with Crippen LogP contribution in [0.3, 0.4) is 0 Å². The van der Waals surface area contributed by atoms with E-state index in [4.69, 9.17) is 35.0 Å². The van der Waals surface area contributed by atoms with E-state index in [1.54, 1.807) is 4.90 Å². The Morgan fingerprint density at radius 3 is 2.30 bits per heavy atom. The number of nitrogens with one attached hydrogen (secondary N) is 2. The number of ketones is 1. The second kappa shape index (κ2) is 10.2. The molecule has 3 saturated carbocycles. The van der Waals surface area contributed by atoms with Crippen molar-refractivity contribution in [1.82, 2.24) is 15.1 Å². The third-order valence-electron chi connectivity index (χ3n) is 8.33. The van der Waals surface area contributed by atoms with Gasteiger partial charge in [-0.05, 0) is 49.8 Å². The van der Waals surface area contributed by atoms with E-state index < -0.39 is 40.3 Å². The maximum absolute atomic E-state index is 13.5. The molecule has 0 aromatic heterocycles. The topological polar surface area (TPSA) is 98.7 Å². The van der Waals surface area contributed by atoms with Crippen molar-refractivity contribution in [3.05, 3.63) is 0 Å². The summed E-state index contributed by atoms with van der Waals surface area (Å²) >= 11 is 18.9.